The average molecular weight is 1480 g/mol. The zero-order chi connectivity index (χ0) is 67.8. The van der Waals surface area contributed by atoms with Crippen molar-refractivity contribution in [2.24, 2.45) is 0 Å². The first kappa shape index (κ1) is 67.0. The molecule has 16 rings (SSSR count). The normalized spacial score (nSPS) is 32.4. The Kier molecular flexibility index (Phi) is 17.5. The molecule has 0 saturated carbocycles. The van der Waals surface area contributed by atoms with Crippen LogP contribution in [0.1, 0.15) is 40.5 Å². The lowest BCUT2D eigenvalue weighted by Crippen LogP contribution is -2.93. The molecule has 20 nitrogen and oxygen atoms in total. The molecule has 6 saturated heterocycles. The van der Waals surface area contributed by atoms with Gasteiger partial charge in [-0.25, -0.2) is 0 Å². The Morgan fingerprint density at radius 2 is 0.378 bits per heavy atom. The van der Waals surface area contributed by atoms with Gasteiger partial charge in [0.1, 0.15) is 0 Å². The number of nitrogens with zero attached hydrogens (tertiary/aromatic N) is 2. The van der Waals surface area contributed by atoms with E-state index in [1.807, 2.05) is 256 Å². The maximum atomic E-state index is 14.0. The van der Waals surface area contributed by atoms with Crippen LogP contribution >= 0.6 is 0 Å². The van der Waals surface area contributed by atoms with Crippen molar-refractivity contribution in [1.29, 1.82) is 0 Å². The van der Waals surface area contributed by atoms with Crippen molar-refractivity contribution in [3.63, 3.8) is 0 Å². The van der Waals surface area contributed by atoms with E-state index in [0.29, 0.717) is 63.8 Å². The fourth-order valence-electron chi connectivity index (χ4n) is 13.4. The largest absolute Gasteiger partial charge is 0.515 e. The number of benzene rings is 8. The first-order chi connectivity index (χ1) is 47.2. The highest BCUT2D eigenvalue weighted by Crippen LogP contribution is 2.48. The van der Waals surface area contributed by atoms with E-state index in [1.54, 1.807) is 27.7 Å². The average Bonchev–Trinajstić information content (AvgIpc) is 0.788. The summed E-state index contributed by atoms with van der Waals surface area (Å²) in [6.07, 6.45) is 0.318. The summed E-state index contributed by atoms with van der Waals surface area (Å²) in [5, 5.41) is 3.28. The van der Waals surface area contributed by atoms with Crippen molar-refractivity contribution < 1.29 is 76.8 Å². The van der Waals surface area contributed by atoms with Crippen LogP contribution in [-0.2, 0) is 76.8 Å². The molecule has 8 aromatic rings. The van der Waals surface area contributed by atoms with Crippen molar-refractivity contribution >= 4 is 153 Å². The first-order valence-electron chi connectivity index (χ1n) is 32.6. The standard InChI is InChI=1S/C68H70N2O18Si10/c1-53-54(2)66(72)69(65(53)71)49-31-51-89(5)75-91(57-33-15-7-16-34-57)79-95(61-41-23-11-24-42-61)83-93(59-37-19-9-20-38-59)77-90(6,52-32-50-70-67(73)55(3)56(4)68(70)74)78-94(60-39-21-10-22-40-60)85-97(87-95,63-45-27-13-28-46-63)81-92(76-89,58-35-17-8-18-36-58)82-98(86-94,64-47-29-14-30-48-64)88-96(80-91,84-93)62-43-25-12-26-44-62/h7-30,33-48H,31-32,49-52H2,1-6H3. The van der Waals surface area contributed by atoms with Gasteiger partial charge in [0.25, 0.3) is 23.6 Å². The van der Waals surface area contributed by atoms with Crippen LogP contribution in [0.3, 0.4) is 0 Å². The monoisotopic (exact) mass is 1480 g/mol. The summed E-state index contributed by atoms with van der Waals surface area (Å²) in [4.78, 5) is 58.7. The zero-order valence-electron chi connectivity index (χ0n) is 54.6. The third-order valence-corrected chi connectivity index (χ3v) is 62.1. The smallest absolute Gasteiger partial charge is 0.391 e. The topological polar surface area (TPSA) is 204 Å². The summed E-state index contributed by atoms with van der Waals surface area (Å²) in [5.74, 6) is -1.56. The number of imide groups is 2. The lowest BCUT2D eigenvalue weighted by atomic mass is 10.2. The van der Waals surface area contributed by atoms with Gasteiger partial charge in [-0.05, 0) is 65.7 Å². The molecule has 0 unspecified atom stereocenters. The van der Waals surface area contributed by atoms with Gasteiger partial charge in [-0.2, -0.15) is 0 Å². The van der Waals surface area contributed by atoms with E-state index >= 15 is 0 Å². The van der Waals surface area contributed by atoms with E-state index in [1.165, 1.54) is 9.80 Å². The van der Waals surface area contributed by atoms with Gasteiger partial charge in [-0.1, -0.05) is 243 Å². The number of rotatable bonds is 16. The van der Waals surface area contributed by atoms with E-state index < -0.39 is 87.6 Å². The molecule has 0 N–H and O–H groups in total. The third-order valence-electron chi connectivity index (χ3n) is 18.5. The van der Waals surface area contributed by atoms with Crippen LogP contribution in [0.4, 0.5) is 0 Å². The van der Waals surface area contributed by atoms with Crippen molar-refractivity contribution in [3.05, 3.63) is 265 Å². The highest BCUT2D eigenvalue weighted by molar-refractivity contribution is 7.12. The number of carbonyl (C=O) groups excluding carboxylic acids is 4. The minimum absolute atomic E-state index is 0.0130. The van der Waals surface area contributed by atoms with Gasteiger partial charge in [-0.15, -0.1) is 0 Å². The Balaban J connectivity index is 1.13. The molecule has 30 heteroatoms. The van der Waals surface area contributed by atoms with Gasteiger partial charge < -0.3 is 57.6 Å². The molecule has 6 fully saturated rings. The van der Waals surface area contributed by atoms with Gasteiger partial charge in [0.15, 0.2) is 0 Å². The van der Waals surface area contributed by atoms with Crippen LogP contribution in [0.2, 0.25) is 25.2 Å². The van der Waals surface area contributed by atoms with Crippen LogP contribution in [0.15, 0.2) is 265 Å². The SMILES string of the molecule is CC1=C(C)C(=O)N(CCC[Si]2(C)O[Si]3(c4ccccc4)O[Si]4(c5ccccc5)O[Si]5(c6ccccc6)O[Si](C)(CCCN6C(=O)C(C)=C(C)C6=O)O[Si]6(c7ccccc7)O[Si](c7ccccc7)(O[Si](c7ccccc7)(O2)O[Si](c2ccccc2)(O6)O[Si](c2ccccc2)(O3)O5)O4)C1=O. The summed E-state index contributed by atoms with van der Waals surface area (Å²) in [6.45, 7) is 10.4. The van der Waals surface area contributed by atoms with E-state index in [0.717, 1.165) is 0 Å². The minimum Gasteiger partial charge on any atom is -0.391 e. The van der Waals surface area contributed by atoms with Crippen molar-refractivity contribution in [2.45, 2.75) is 65.7 Å². The van der Waals surface area contributed by atoms with Gasteiger partial charge in [-0.3, -0.25) is 29.0 Å². The molecule has 0 spiro atoms. The Hall–Kier alpha value is -6.87. The van der Waals surface area contributed by atoms with Crippen LogP contribution in [0, 0.1) is 0 Å². The van der Waals surface area contributed by atoms with Crippen molar-refractivity contribution in [1.82, 2.24) is 9.80 Å². The first-order valence-corrected chi connectivity index (χ1v) is 51.4. The third kappa shape index (κ3) is 11.7. The molecule has 0 radical (unpaired) electrons. The molecule has 0 aromatic heterocycles. The summed E-state index contributed by atoms with van der Waals surface area (Å²) >= 11 is 0. The number of amides is 4. The quantitative estimate of drug-likeness (QED) is 0.0879. The molecule has 8 heterocycles. The summed E-state index contributed by atoms with van der Waals surface area (Å²) in [7, 11) is -51.6. The molecule has 8 aromatic carbocycles. The molecule has 0 aliphatic carbocycles. The fourth-order valence-corrected chi connectivity index (χ4v) is 70.0. The number of carbonyl (C=O) groups is 4. The lowest BCUT2D eigenvalue weighted by molar-refractivity contribution is -0.139. The molecular formula is C68H70N2O18Si10. The predicted molar refractivity (Wildman–Crippen MR) is 382 cm³/mol. The van der Waals surface area contributed by atoms with E-state index in [2.05, 4.69) is 0 Å². The van der Waals surface area contributed by atoms with Gasteiger partial charge in [0.05, 0.1) is 0 Å². The number of hydrogen-bond donors (Lipinski definition) is 0. The van der Waals surface area contributed by atoms with Gasteiger partial charge in [0.2, 0.25) is 0 Å². The zero-order valence-corrected chi connectivity index (χ0v) is 64.6. The number of hydrogen-bond acceptors (Lipinski definition) is 18. The Morgan fingerprint density at radius 3 is 0.531 bits per heavy atom. The predicted octanol–water partition coefficient (Wildman–Crippen LogP) is 5.39. The summed E-state index contributed by atoms with van der Waals surface area (Å²) in [5.41, 5.74) is 1.47. The summed E-state index contributed by atoms with van der Waals surface area (Å²) < 4.78 is 119. The summed E-state index contributed by atoms with van der Waals surface area (Å²) in [6, 6.07) is 75.1. The van der Waals surface area contributed by atoms with Crippen LogP contribution in [-0.4, -0.2) is 134 Å². The van der Waals surface area contributed by atoms with Gasteiger partial charge >= 0.3 is 87.6 Å². The van der Waals surface area contributed by atoms with Crippen LogP contribution in [0.25, 0.3) is 0 Å². The maximum Gasteiger partial charge on any atom is 0.515 e. The molecule has 8 aliphatic heterocycles. The second-order valence-corrected chi connectivity index (χ2v) is 55.8. The van der Waals surface area contributed by atoms with Crippen molar-refractivity contribution in [2.75, 3.05) is 13.1 Å². The highest BCUT2D eigenvalue weighted by atomic mass is 28.6. The second-order valence-electron chi connectivity index (χ2n) is 25.3. The minimum atomic E-state index is -5.41. The second kappa shape index (κ2) is 25.6. The van der Waals surface area contributed by atoms with Gasteiger partial charge in [0, 0.05) is 76.9 Å². The van der Waals surface area contributed by atoms with Crippen molar-refractivity contribution in [3.8, 4) is 0 Å². The molecule has 98 heavy (non-hydrogen) atoms. The molecule has 0 atom stereocenters. The molecule has 8 bridgehead atoms. The van der Waals surface area contributed by atoms with E-state index in [4.69, 9.17) is 57.6 Å². The Bertz CT molecular complexity index is 3870. The highest BCUT2D eigenvalue weighted by Gasteiger charge is 2.83. The van der Waals surface area contributed by atoms with Crippen LogP contribution in [0.5, 0.6) is 0 Å². The Labute approximate surface area is 579 Å². The molecule has 8 aliphatic rings. The van der Waals surface area contributed by atoms with Crippen LogP contribution < -0.4 is 41.5 Å². The molecule has 500 valence electrons. The molecule has 4 amide bonds. The molecular weight excluding hydrogens is 1410 g/mol. The Morgan fingerprint density at radius 1 is 0.235 bits per heavy atom. The van der Waals surface area contributed by atoms with E-state index in [9.17, 15) is 19.2 Å². The maximum absolute atomic E-state index is 14.0. The number of fused-ring (bicyclic) bond motifs is 4. The van der Waals surface area contributed by atoms with E-state index in [-0.39, 0.29) is 61.6 Å². The lowest BCUT2D eigenvalue weighted by Gasteiger charge is -2.61. The fraction of sp³-hybridized carbons (Fsp3) is 0.176.